The fourth-order valence-electron chi connectivity index (χ4n) is 3.58. The van der Waals surface area contributed by atoms with Gasteiger partial charge in [-0.1, -0.05) is 23.7 Å². The van der Waals surface area contributed by atoms with Gasteiger partial charge in [0.1, 0.15) is 23.3 Å². The van der Waals surface area contributed by atoms with Crippen LogP contribution in [0.1, 0.15) is 10.4 Å². The summed E-state index contributed by atoms with van der Waals surface area (Å²) in [6.07, 6.45) is 0. The molecule has 35 heavy (non-hydrogen) atoms. The van der Waals surface area contributed by atoms with Gasteiger partial charge in [0.2, 0.25) is 5.75 Å². The molecule has 3 aromatic carbocycles. The van der Waals surface area contributed by atoms with Crippen LogP contribution in [0, 0.1) is 0 Å². The van der Waals surface area contributed by atoms with Crippen molar-refractivity contribution in [2.24, 2.45) is 5.73 Å². The molecule has 1 aromatic heterocycles. The molecule has 0 aliphatic carbocycles. The predicted octanol–water partition coefficient (Wildman–Crippen LogP) is 4.72. The highest BCUT2D eigenvalue weighted by atomic mass is 35.5. The molecule has 0 saturated heterocycles. The van der Waals surface area contributed by atoms with Crippen molar-refractivity contribution in [2.75, 3.05) is 32.7 Å². The lowest BCUT2D eigenvalue weighted by Gasteiger charge is -2.16. The Morgan fingerprint density at radius 3 is 2.49 bits per heavy atom. The maximum atomic E-state index is 13.2. The van der Waals surface area contributed by atoms with Gasteiger partial charge in [0.15, 0.2) is 16.9 Å². The van der Waals surface area contributed by atoms with Gasteiger partial charge in [-0.2, -0.15) is 0 Å². The zero-order chi connectivity index (χ0) is 24.9. The molecule has 0 fully saturated rings. The van der Waals surface area contributed by atoms with Crippen LogP contribution in [0.2, 0.25) is 5.02 Å². The highest BCUT2D eigenvalue weighted by molar-refractivity contribution is 6.30. The number of halogens is 1. The van der Waals surface area contributed by atoms with E-state index in [1.165, 1.54) is 20.3 Å². The van der Waals surface area contributed by atoms with Gasteiger partial charge in [0.05, 0.1) is 14.2 Å². The van der Waals surface area contributed by atoms with Crippen molar-refractivity contribution in [3.05, 3.63) is 81.5 Å². The third-order valence-electron chi connectivity index (χ3n) is 5.19. The monoisotopic (exact) mass is 494 g/mol. The Bertz CT molecular complexity index is 1430. The van der Waals surface area contributed by atoms with Crippen molar-refractivity contribution < 1.29 is 23.4 Å². The molecule has 0 unspecified atom stereocenters. The van der Waals surface area contributed by atoms with Crippen LogP contribution in [0.5, 0.6) is 17.2 Å². The Labute approximate surface area is 206 Å². The van der Waals surface area contributed by atoms with Crippen LogP contribution in [0.15, 0.2) is 69.9 Å². The number of carbonyl (C=O) groups is 1. The number of benzene rings is 3. The summed E-state index contributed by atoms with van der Waals surface area (Å²) >= 11 is 5.90. The van der Waals surface area contributed by atoms with E-state index in [0.29, 0.717) is 27.6 Å². The number of fused-ring (bicyclic) bond motifs is 1. The van der Waals surface area contributed by atoms with Crippen LogP contribution < -0.4 is 30.7 Å². The minimum atomic E-state index is -0.342. The SMILES string of the molecule is COc1cc2oc(-c3cccc(C(=O)Nc4ccc(Cl)cc4)c3)cc(=O)c2c(OCCN)c1OC. The average molecular weight is 495 g/mol. The number of hydrogen-bond donors (Lipinski definition) is 2. The number of carbonyl (C=O) groups excluding carboxylic acids is 1. The minimum Gasteiger partial charge on any atom is -0.493 e. The Morgan fingerprint density at radius 1 is 1.03 bits per heavy atom. The van der Waals surface area contributed by atoms with Crippen molar-refractivity contribution in [1.82, 2.24) is 0 Å². The fourth-order valence-corrected chi connectivity index (χ4v) is 3.71. The van der Waals surface area contributed by atoms with Crippen molar-refractivity contribution in [2.45, 2.75) is 0 Å². The van der Waals surface area contributed by atoms with Crippen LogP contribution in [0.3, 0.4) is 0 Å². The van der Waals surface area contributed by atoms with Crippen LogP contribution in [0.4, 0.5) is 5.69 Å². The van der Waals surface area contributed by atoms with Gasteiger partial charge in [-0.3, -0.25) is 9.59 Å². The molecule has 0 aliphatic rings. The second-order valence-electron chi connectivity index (χ2n) is 7.47. The Kier molecular flexibility index (Phi) is 7.24. The Hall–Kier alpha value is -4.01. The zero-order valence-corrected chi connectivity index (χ0v) is 19.8. The van der Waals surface area contributed by atoms with E-state index in [9.17, 15) is 9.59 Å². The topological polar surface area (TPSA) is 113 Å². The molecule has 180 valence electrons. The zero-order valence-electron chi connectivity index (χ0n) is 19.1. The first kappa shape index (κ1) is 24.1. The van der Waals surface area contributed by atoms with Gasteiger partial charge in [0, 0.05) is 40.5 Å². The van der Waals surface area contributed by atoms with Crippen molar-refractivity contribution >= 4 is 34.2 Å². The van der Waals surface area contributed by atoms with Crippen molar-refractivity contribution in [3.8, 4) is 28.6 Å². The Morgan fingerprint density at radius 2 is 1.80 bits per heavy atom. The maximum Gasteiger partial charge on any atom is 0.255 e. The maximum absolute atomic E-state index is 13.2. The largest absolute Gasteiger partial charge is 0.493 e. The normalized spacial score (nSPS) is 10.7. The van der Waals surface area contributed by atoms with Crippen LogP contribution in [-0.2, 0) is 0 Å². The molecule has 0 saturated carbocycles. The summed E-state index contributed by atoms with van der Waals surface area (Å²) < 4.78 is 22.6. The first-order valence-corrected chi connectivity index (χ1v) is 11.1. The van der Waals surface area contributed by atoms with E-state index in [4.69, 9.17) is 36.0 Å². The summed E-state index contributed by atoms with van der Waals surface area (Å²) in [5.74, 6) is 0.767. The highest BCUT2D eigenvalue weighted by Gasteiger charge is 2.21. The molecule has 4 aromatic rings. The molecule has 0 bridgehead atoms. The van der Waals surface area contributed by atoms with E-state index >= 15 is 0 Å². The van der Waals surface area contributed by atoms with Crippen LogP contribution in [-0.4, -0.2) is 33.3 Å². The molecule has 1 heterocycles. The number of amides is 1. The lowest BCUT2D eigenvalue weighted by atomic mass is 10.1. The van der Waals surface area contributed by atoms with E-state index < -0.39 is 0 Å². The van der Waals surface area contributed by atoms with E-state index in [-0.39, 0.29) is 52.7 Å². The van der Waals surface area contributed by atoms with Gasteiger partial charge in [-0.25, -0.2) is 0 Å². The average Bonchev–Trinajstić information content (AvgIpc) is 2.87. The van der Waals surface area contributed by atoms with Gasteiger partial charge >= 0.3 is 0 Å². The lowest BCUT2D eigenvalue weighted by molar-refractivity contribution is 0.102. The number of methoxy groups -OCH3 is 2. The lowest BCUT2D eigenvalue weighted by Crippen LogP contribution is -2.13. The minimum absolute atomic E-state index is 0.171. The van der Waals surface area contributed by atoms with E-state index in [1.807, 2.05) is 0 Å². The third-order valence-corrected chi connectivity index (χ3v) is 5.45. The van der Waals surface area contributed by atoms with Crippen LogP contribution in [0.25, 0.3) is 22.3 Å². The molecular weight excluding hydrogens is 472 g/mol. The molecule has 0 aliphatic heterocycles. The summed E-state index contributed by atoms with van der Waals surface area (Å²) in [7, 11) is 2.93. The number of ether oxygens (including phenoxy) is 3. The van der Waals surface area contributed by atoms with Gasteiger partial charge in [0.25, 0.3) is 5.91 Å². The molecule has 0 radical (unpaired) electrons. The predicted molar refractivity (Wildman–Crippen MR) is 135 cm³/mol. The van der Waals surface area contributed by atoms with Crippen molar-refractivity contribution in [3.63, 3.8) is 0 Å². The first-order chi connectivity index (χ1) is 16.9. The quantitative estimate of drug-likeness (QED) is 0.364. The molecule has 0 spiro atoms. The van der Waals surface area contributed by atoms with Gasteiger partial charge in [-0.15, -0.1) is 0 Å². The standard InChI is InChI=1S/C26H23ClN2O6/c1-32-22-14-21-23(25(24(22)33-2)34-11-10-28)19(30)13-20(35-21)15-4-3-5-16(12-15)26(31)29-18-8-6-17(27)7-9-18/h3-9,12-14H,10-11,28H2,1-2H3,(H,29,31). The molecule has 8 nitrogen and oxygen atoms in total. The number of nitrogens with one attached hydrogen (secondary N) is 1. The summed E-state index contributed by atoms with van der Waals surface area (Å²) in [4.78, 5) is 25.9. The second kappa shape index (κ2) is 10.5. The third kappa shape index (κ3) is 5.08. The number of rotatable bonds is 8. The van der Waals surface area contributed by atoms with Gasteiger partial charge < -0.3 is 29.7 Å². The van der Waals surface area contributed by atoms with Crippen LogP contribution >= 0.6 is 11.6 Å². The number of nitrogens with two attached hydrogens (primary N) is 1. The first-order valence-electron chi connectivity index (χ1n) is 10.7. The molecule has 9 heteroatoms. The second-order valence-corrected chi connectivity index (χ2v) is 7.90. The van der Waals surface area contributed by atoms with E-state index in [0.717, 1.165) is 0 Å². The summed E-state index contributed by atoms with van der Waals surface area (Å²) in [6.45, 7) is 0.417. The molecule has 3 N–H and O–H groups in total. The molecule has 0 atom stereocenters. The fraction of sp³-hybridized carbons (Fsp3) is 0.154. The molecule has 4 rings (SSSR count). The molecule has 1 amide bonds. The smallest absolute Gasteiger partial charge is 0.255 e. The highest BCUT2D eigenvalue weighted by Crippen LogP contribution is 2.43. The summed E-state index contributed by atoms with van der Waals surface area (Å²) in [5.41, 5.74) is 7.02. The summed E-state index contributed by atoms with van der Waals surface area (Å²) in [5, 5.41) is 3.59. The van der Waals surface area contributed by atoms with E-state index in [2.05, 4.69) is 5.32 Å². The molecular formula is C26H23ClN2O6. The number of anilines is 1. The number of hydrogen-bond acceptors (Lipinski definition) is 7. The van der Waals surface area contributed by atoms with Gasteiger partial charge in [-0.05, 0) is 36.4 Å². The van der Waals surface area contributed by atoms with E-state index in [1.54, 1.807) is 54.6 Å². The summed E-state index contributed by atoms with van der Waals surface area (Å²) in [6, 6.07) is 16.5. The van der Waals surface area contributed by atoms with Crippen molar-refractivity contribution in [1.29, 1.82) is 0 Å². The Balaban J connectivity index is 1.75.